The number of nitrogens with zero attached hydrogens (tertiary/aromatic N) is 2. The molecule has 0 bridgehead atoms. The molecule has 1 atom stereocenters. The Bertz CT molecular complexity index is 574. The molecule has 1 aromatic carbocycles. The molecule has 0 aliphatic carbocycles. The van der Waals surface area contributed by atoms with Crippen molar-refractivity contribution < 1.29 is 9.50 Å². The number of nitrogens with one attached hydrogen (secondary N) is 1. The van der Waals surface area contributed by atoms with Crippen LogP contribution in [0.1, 0.15) is 30.0 Å². The fourth-order valence-electron chi connectivity index (χ4n) is 1.84. The zero-order valence-electron chi connectivity index (χ0n) is 10.9. The molecule has 2 aromatic rings. The van der Waals surface area contributed by atoms with Gasteiger partial charge in [-0.1, -0.05) is 6.07 Å². The average Bonchev–Trinajstić information content (AvgIpc) is 2.36. The van der Waals surface area contributed by atoms with E-state index in [4.69, 9.17) is 0 Å². The zero-order valence-corrected chi connectivity index (χ0v) is 10.9. The number of halogens is 1. The number of phenolic OH excluding ortho intramolecular Hbond substituents is 1. The molecule has 0 saturated heterocycles. The van der Waals surface area contributed by atoms with Crippen LogP contribution in [0, 0.1) is 12.7 Å². The average molecular weight is 261 g/mol. The number of hydrogen-bond acceptors (Lipinski definition) is 4. The fraction of sp³-hybridized carbons (Fsp3) is 0.286. The lowest BCUT2D eigenvalue weighted by atomic mass is 10.1. The van der Waals surface area contributed by atoms with Gasteiger partial charge in [-0.2, -0.15) is 0 Å². The van der Waals surface area contributed by atoms with E-state index in [-0.39, 0.29) is 11.8 Å². The van der Waals surface area contributed by atoms with Crippen LogP contribution in [0.4, 0.5) is 4.39 Å². The summed E-state index contributed by atoms with van der Waals surface area (Å²) in [4.78, 5) is 8.29. The highest BCUT2D eigenvalue weighted by atomic mass is 19.1. The van der Waals surface area contributed by atoms with Crippen molar-refractivity contribution in [2.45, 2.75) is 26.4 Å². The fourth-order valence-corrected chi connectivity index (χ4v) is 1.84. The first-order chi connectivity index (χ1) is 9.06. The first-order valence-electron chi connectivity index (χ1n) is 6.06. The van der Waals surface area contributed by atoms with E-state index in [1.165, 1.54) is 6.07 Å². The van der Waals surface area contributed by atoms with Gasteiger partial charge in [-0.05, 0) is 26.0 Å². The molecule has 100 valence electrons. The van der Waals surface area contributed by atoms with E-state index >= 15 is 0 Å². The second kappa shape index (κ2) is 5.75. The minimum absolute atomic E-state index is 0.0696. The maximum absolute atomic E-state index is 13.7. The largest absolute Gasteiger partial charge is 0.508 e. The summed E-state index contributed by atoms with van der Waals surface area (Å²) < 4.78 is 13.7. The van der Waals surface area contributed by atoms with Gasteiger partial charge in [-0.3, -0.25) is 0 Å². The Hall–Kier alpha value is -2.01. The summed E-state index contributed by atoms with van der Waals surface area (Å²) in [6, 6.07) is 5.82. The van der Waals surface area contributed by atoms with Gasteiger partial charge in [0.25, 0.3) is 0 Å². The number of aromatic nitrogens is 2. The summed E-state index contributed by atoms with van der Waals surface area (Å²) >= 11 is 0. The summed E-state index contributed by atoms with van der Waals surface area (Å²) in [5, 5.41) is 12.4. The van der Waals surface area contributed by atoms with Crippen molar-refractivity contribution in [3.05, 3.63) is 53.4 Å². The van der Waals surface area contributed by atoms with E-state index in [1.54, 1.807) is 12.3 Å². The van der Waals surface area contributed by atoms with Gasteiger partial charge in [0.2, 0.25) is 0 Å². The third-order valence-corrected chi connectivity index (χ3v) is 2.87. The standard InChI is InChI=1S/C14H16FN3O/c1-9(13-4-3-12(19)7-14(13)15)17-8-11-5-6-16-10(2)18-11/h3-7,9,17,19H,8H2,1-2H3. The van der Waals surface area contributed by atoms with Gasteiger partial charge in [-0.15, -0.1) is 0 Å². The smallest absolute Gasteiger partial charge is 0.131 e. The van der Waals surface area contributed by atoms with Gasteiger partial charge in [0.1, 0.15) is 17.4 Å². The minimum atomic E-state index is -0.418. The summed E-state index contributed by atoms with van der Waals surface area (Å²) in [5.41, 5.74) is 1.38. The molecule has 1 unspecified atom stereocenters. The normalized spacial score (nSPS) is 12.4. The Morgan fingerprint density at radius 1 is 1.37 bits per heavy atom. The third-order valence-electron chi connectivity index (χ3n) is 2.87. The Balaban J connectivity index is 2.03. The molecular formula is C14H16FN3O. The molecule has 1 heterocycles. The number of phenols is 1. The molecule has 0 aliphatic rings. The third kappa shape index (κ3) is 3.48. The molecule has 0 aliphatic heterocycles. The summed E-state index contributed by atoms with van der Waals surface area (Å²) in [5.74, 6) is 0.224. The van der Waals surface area contributed by atoms with Crippen molar-refractivity contribution in [1.29, 1.82) is 0 Å². The van der Waals surface area contributed by atoms with Crippen LogP contribution in [0.5, 0.6) is 5.75 Å². The van der Waals surface area contributed by atoms with Crippen LogP contribution in [-0.4, -0.2) is 15.1 Å². The molecule has 4 nitrogen and oxygen atoms in total. The van der Waals surface area contributed by atoms with Crippen LogP contribution in [0.25, 0.3) is 0 Å². The van der Waals surface area contributed by atoms with Crippen molar-refractivity contribution in [3.8, 4) is 5.75 Å². The second-order valence-corrected chi connectivity index (χ2v) is 4.40. The van der Waals surface area contributed by atoms with Crippen LogP contribution >= 0.6 is 0 Å². The van der Waals surface area contributed by atoms with E-state index in [0.29, 0.717) is 17.9 Å². The molecule has 0 saturated carbocycles. The SMILES string of the molecule is Cc1nccc(CNC(C)c2ccc(O)cc2F)n1. The number of benzene rings is 1. The Morgan fingerprint density at radius 3 is 2.84 bits per heavy atom. The van der Waals surface area contributed by atoms with Crippen molar-refractivity contribution >= 4 is 0 Å². The van der Waals surface area contributed by atoms with Gasteiger partial charge in [0.15, 0.2) is 0 Å². The van der Waals surface area contributed by atoms with E-state index < -0.39 is 5.82 Å². The van der Waals surface area contributed by atoms with Crippen molar-refractivity contribution in [2.75, 3.05) is 0 Å². The van der Waals surface area contributed by atoms with Crippen LogP contribution in [0.15, 0.2) is 30.5 Å². The maximum Gasteiger partial charge on any atom is 0.131 e. The first kappa shape index (κ1) is 13.4. The maximum atomic E-state index is 13.7. The van der Waals surface area contributed by atoms with E-state index in [0.717, 1.165) is 11.8 Å². The predicted molar refractivity (Wildman–Crippen MR) is 70.1 cm³/mol. The molecular weight excluding hydrogens is 245 g/mol. The first-order valence-corrected chi connectivity index (χ1v) is 6.06. The second-order valence-electron chi connectivity index (χ2n) is 4.40. The Morgan fingerprint density at radius 2 is 2.16 bits per heavy atom. The monoisotopic (exact) mass is 261 g/mol. The van der Waals surface area contributed by atoms with Crippen LogP contribution in [0.3, 0.4) is 0 Å². The predicted octanol–water partition coefficient (Wildman–Crippen LogP) is 2.48. The molecule has 0 spiro atoms. The molecule has 1 aromatic heterocycles. The van der Waals surface area contributed by atoms with Crippen molar-refractivity contribution in [2.24, 2.45) is 0 Å². The highest BCUT2D eigenvalue weighted by molar-refractivity contribution is 5.29. The quantitative estimate of drug-likeness (QED) is 0.887. The minimum Gasteiger partial charge on any atom is -0.508 e. The van der Waals surface area contributed by atoms with E-state index in [2.05, 4.69) is 15.3 Å². The van der Waals surface area contributed by atoms with Gasteiger partial charge < -0.3 is 10.4 Å². The molecule has 19 heavy (non-hydrogen) atoms. The Labute approximate surface area is 111 Å². The molecule has 2 N–H and O–H groups in total. The van der Waals surface area contributed by atoms with Gasteiger partial charge in [-0.25, -0.2) is 14.4 Å². The van der Waals surface area contributed by atoms with E-state index in [1.807, 2.05) is 19.9 Å². The Kier molecular flexibility index (Phi) is 4.06. The van der Waals surface area contributed by atoms with Gasteiger partial charge in [0.05, 0.1) is 5.69 Å². The lowest BCUT2D eigenvalue weighted by molar-refractivity contribution is 0.463. The molecule has 0 fully saturated rings. The topological polar surface area (TPSA) is 58.0 Å². The lowest BCUT2D eigenvalue weighted by Gasteiger charge is -2.15. The molecule has 5 heteroatoms. The lowest BCUT2D eigenvalue weighted by Crippen LogP contribution is -2.20. The van der Waals surface area contributed by atoms with Crippen molar-refractivity contribution in [1.82, 2.24) is 15.3 Å². The highest BCUT2D eigenvalue weighted by Crippen LogP contribution is 2.21. The number of aromatic hydroxyl groups is 1. The number of aryl methyl sites for hydroxylation is 1. The van der Waals surface area contributed by atoms with Gasteiger partial charge in [0, 0.05) is 30.4 Å². The molecule has 0 amide bonds. The van der Waals surface area contributed by atoms with Crippen LogP contribution in [-0.2, 0) is 6.54 Å². The van der Waals surface area contributed by atoms with Gasteiger partial charge >= 0.3 is 0 Å². The molecule has 2 rings (SSSR count). The molecule has 0 radical (unpaired) electrons. The van der Waals surface area contributed by atoms with Crippen molar-refractivity contribution in [3.63, 3.8) is 0 Å². The summed E-state index contributed by atoms with van der Waals surface area (Å²) in [6.07, 6.45) is 1.70. The van der Waals surface area contributed by atoms with Crippen LogP contribution in [0.2, 0.25) is 0 Å². The van der Waals surface area contributed by atoms with Crippen LogP contribution < -0.4 is 5.32 Å². The number of hydrogen-bond donors (Lipinski definition) is 2. The summed E-state index contributed by atoms with van der Waals surface area (Å²) in [6.45, 7) is 4.22. The van der Waals surface area contributed by atoms with E-state index in [9.17, 15) is 9.50 Å². The zero-order chi connectivity index (χ0) is 13.8. The number of rotatable bonds is 4. The summed E-state index contributed by atoms with van der Waals surface area (Å²) in [7, 11) is 0. The highest BCUT2D eigenvalue weighted by Gasteiger charge is 2.11.